The van der Waals surface area contributed by atoms with Crippen LogP contribution in [0.3, 0.4) is 0 Å². The van der Waals surface area contributed by atoms with Gasteiger partial charge in [-0.3, -0.25) is 4.79 Å². The van der Waals surface area contributed by atoms with Gasteiger partial charge in [-0.15, -0.1) is 0 Å². The second kappa shape index (κ2) is 7.41. The minimum absolute atomic E-state index is 0.104. The lowest BCUT2D eigenvalue weighted by Crippen LogP contribution is -2.02. The first-order valence-corrected chi connectivity index (χ1v) is 8.94. The summed E-state index contributed by atoms with van der Waals surface area (Å²) in [7, 11) is 1.54. The highest BCUT2D eigenvalue weighted by Gasteiger charge is 2.19. The summed E-state index contributed by atoms with van der Waals surface area (Å²) in [6.45, 7) is 1.97. The molecule has 1 heterocycles. The number of carboxylic acid groups (broad SMARTS) is 1. The Morgan fingerprint density at radius 1 is 1.03 bits per heavy atom. The number of hydrogen-bond acceptors (Lipinski definition) is 5. The normalized spacial score (nSPS) is 11.1. The molecule has 0 aromatic heterocycles. The third kappa shape index (κ3) is 3.46. The fraction of sp³-hybridized carbons (Fsp3) is 0.130. The quantitative estimate of drug-likeness (QED) is 0.397. The van der Waals surface area contributed by atoms with Gasteiger partial charge in [-0.25, -0.2) is 4.79 Å². The Balaban J connectivity index is 2.02. The Hall–Kier alpha value is -3.64. The maximum Gasteiger partial charge on any atom is 0.335 e. The average molecular weight is 390 g/mol. The van der Waals surface area contributed by atoms with E-state index in [4.69, 9.17) is 13.9 Å². The van der Waals surface area contributed by atoms with Crippen LogP contribution in [0.4, 0.5) is 0 Å². The molecule has 0 amide bonds. The molecular weight excluding hydrogens is 372 g/mol. The second-order valence-corrected chi connectivity index (χ2v) is 6.68. The van der Waals surface area contributed by atoms with Crippen molar-refractivity contribution in [2.75, 3.05) is 13.9 Å². The summed E-state index contributed by atoms with van der Waals surface area (Å²) < 4.78 is 16.4. The van der Waals surface area contributed by atoms with Crippen LogP contribution >= 0.6 is 0 Å². The number of aromatic carboxylic acids is 1. The number of carboxylic acids is 1. The molecule has 146 valence electrons. The third-order valence-corrected chi connectivity index (χ3v) is 4.75. The van der Waals surface area contributed by atoms with Crippen molar-refractivity contribution < 1.29 is 23.8 Å². The molecule has 2 aliphatic rings. The summed E-state index contributed by atoms with van der Waals surface area (Å²) in [5.74, 6) is 0.0450. The Kier molecular flexibility index (Phi) is 4.78. The topological polar surface area (TPSA) is 86.0 Å². The molecule has 6 nitrogen and oxygen atoms in total. The van der Waals surface area contributed by atoms with Gasteiger partial charge in [-0.2, -0.15) is 0 Å². The van der Waals surface area contributed by atoms with E-state index in [0.717, 1.165) is 27.6 Å². The lowest BCUT2D eigenvalue weighted by atomic mass is 9.90. The van der Waals surface area contributed by atoms with E-state index in [2.05, 4.69) is 0 Å². The predicted molar refractivity (Wildman–Crippen MR) is 109 cm³/mol. The SMILES string of the molecule is COCOc1ccc2c(-c3ccc(C(=O)O)cc3C)c3ccc(=O)cc-3oc2c1. The molecule has 2 aromatic carbocycles. The van der Waals surface area contributed by atoms with Gasteiger partial charge in [0.05, 0.1) is 5.56 Å². The third-order valence-electron chi connectivity index (χ3n) is 4.75. The van der Waals surface area contributed by atoms with Crippen molar-refractivity contribution in [3.05, 3.63) is 75.9 Å². The molecule has 2 aromatic rings. The largest absolute Gasteiger partial charge is 0.478 e. The highest BCUT2D eigenvalue weighted by atomic mass is 16.7. The van der Waals surface area contributed by atoms with E-state index in [-0.39, 0.29) is 17.8 Å². The molecule has 1 aliphatic heterocycles. The summed E-state index contributed by atoms with van der Waals surface area (Å²) in [6, 6.07) is 15.1. The maximum atomic E-state index is 11.9. The van der Waals surface area contributed by atoms with Crippen LogP contribution in [0.5, 0.6) is 5.75 Å². The number of methoxy groups -OCH3 is 1. The molecule has 0 saturated carbocycles. The zero-order valence-corrected chi connectivity index (χ0v) is 15.9. The van der Waals surface area contributed by atoms with Crippen LogP contribution in [-0.2, 0) is 4.74 Å². The predicted octanol–water partition coefficient (Wildman–Crippen LogP) is 4.55. The molecule has 0 saturated heterocycles. The van der Waals surface area contributed by atoms with Crippen LogP contribution in [-0.4, -0.2) is 25.0 Å². The molecule has 0 bridgehead atoms. The van der Waals surface area contributed by atoms with E-state index in [1.54, 1.807) is 30.3 Å². The smallest absolute Gasteiger partial charge is 0.335 e. The summed E-state index contributed by atoms with van der Waals surface area (Å²) in [5, 5.41) is 10.1. The van der Waals surface area contributed by atoms with E-state index < -0.39 is 5.97 Å². The number of benzene rings is 3. The zero-order valence-electron chi connectivity index (χ0n) is 15.9. The monoisotopic (exact) mass is 390 g/mol. The highest BCUT2D eigenvalue weighted by molar-refractivity contribution is 6.03. The standard InChI is InChI=1S/C23H18O6/c1-13-9-14(23(25)26)3-6-17(13)22-18-7-4-15(24)10-20(18)29-21-11-16(28-12-27-2)5-8-19(21)22/h3-11H,12H2,1-2H3,(H,25,26). The van der Waals surface area contributed by atoms with E-state index in [9.17, 15) is 14.7 Å². The first-order valence-electron chi connectivity index (χ1n) is 8.94. The van der Waals surface area contributed by atoms with Gasteiger partial charge in [0.1, 0.15) is 17.1 Å². The van der Waals surface area contributed by atoms with Crippen LogP contribution in [0, 0.1) is 6.92 Å². The van der Waals surface area contributed by atoms with E-state index in [1.807, 2.05) is 19.1 Å². The molecule has 0 atom stereocenters. The van der Waals surface area contributed by atoms with Crippen molar-refractivity contribution >= 4 is 16.9 Å². The number of hydrogen-bond donors (Lipinski definition) is 1. The minimum atomic E-state index is -0.978. The fourth-order valence-corrected chi connectivity index (χ4v) is 3.43. The van der Waals surface area contributed by atoms with Crippen LogP contribution in [0.1, 0.15) is 15.9 Å². The van der Waals surface area contributed by atoms with Crippen LogP contribution < -0.4 is 10.2 Å². The summed E-state index contributed by atoms with van der Waals surface area (Å²) >= 11 is 0. The minimum Gasteiger partial charge on any atom is -0.478 e. The Labute approximate surface area is 166 Å². The Bertz CT molecular complexity index is 1250. The summed E-state index contributed by atoms with van der Waals surface area (Å²) in [6.07, 6.45) is 0. The van der Waals surface area contributed by atoms with Crippen molar-refractivity contribution in [1.29, 1.82) is 0 Å². The number of rotatable bonds is 5. The fourth-order valence-electron chi connectivity index (χ4n) is 3.43. The van der Waals surface area contributed by atoms with E-state index in [1.165, 1.54) is 19.2 Å². The molecule has 0 radical (unpaired) electrons. The van der Waals surface area contributed by atoms with Crippen molar-refractivity contribution in [3.8, 4) is 28.2 Å². The zero-order chi connectivity index (χ0) is 20.5. The molecule has 0 spiro atoms. The summed E-state index contributed by atoms with van der Waals surface area (Å²) in [4.78, 5) is 23.2. The first kappa shape index (κ1) is 18.7. The molecule has 4 rings (SSSR count). The van der Waals surface area contributed by atoms with E-state index >= 15 is 0 Å². The van der Waals surface area contributed by atoms with Gasteiger partial charge in [0.2, 0.25) is 0 Å². The second-order valence-electron chi connectivity index (χ2n) is 6.68. The number of aryl methyl sites for hydroxylation is 1. The van der Waals surface area contributed by atoms with Gasteiger partial charge in [0.15, 0.2) is 12.2 Å². The van der Waals surface area contributed by atoms with Gasteiger partial charge >= 0.3 is 5.97 Å². The van der Waals surface area contributed by atoms with Crippen LogP contribution in [0.2, 0.25) is 0 Å². The van der Waals surface area contributed by atoms with E-state index in [0.29, 0.717) is 17.1 Å². The number of fused-ring (bicyclic) bond motifs is 2. The maximum absolute atomic E-state index is 11.9. The molecule has 1 N–H and O–H groups in total. The van der Waals surface area contributed by atoms with Gasteiger partial charge in [-0.05, 0) is 54.4 Å². The lowest BCUT2D eigenvalue weighted by molar-refractivity contribution is 0.0512. The van der Waals surface area contributed by atoms with Gasteiger partial charge in [0, 0.05) is 35.8 Å². The van der Waals surface area contributed by atoms with Gasteiger partial charge < -0.3 is 19.0 Å². The van der Waals surface area contributed by atoms with Crippen molar-refractivity contribution in [3.63, 3.8) is 0 Å². The number of ether oxygens (including phenoxy) is 2. The van der Waals surface area contributed by atoms with Crippen LogP contribution in [0.25, 0.3) is 33.4 Å². The average Bonchev–Trinajstić information content (AvgIpc) is 2.70. The molecule has 6 heteroatoms. The van der Waals surface area contributed by atoms with Crippen molar-refractivity contribution in [2.24, 2.45) is 0 Å². The summed E-state index contributed by atoms with van der Waals surface area (Å²) in [5.41, 5.74) is 3.93. The molecule has 0 fully saturated rings. The number of carbonyl (C=O) groups is 1. The van der Waals surface area contributed by atoms with Crippen LogP contribution in [0.15, 0.2) is 63.8 Å². The molecular formula is C23H18O6. The van der Waals surface area contributed by atoms with Gasteiger partial charge in [-0.1, -0.05) is 6.07 Å². The molecule has 1 aliphatic carbocycles. The lowest BCUT2D eigenvalue weighted by Gasteiger charge is -2.17. The van der Waals surface area contributed by atoms with Crippen molar-refractivity contribution in [1.82, 2.24) is 0 Å². The first-order chi connectivity index (χ1) is 14.0. The molecule has 0 unspecified atom stereocenters. The van der Waals surface area contributed by atoms with Gasteiger partial charge in [0.25, 0.3) is 0 Å². The Morgan fingerprint density at radius 3 is 2.55 bits per heavy atom. The van der Waals surface area contributed by atoms with Crippen molar-refractivity contribution in [2.45, 2.75) is 6.92 Å². The highest BCUT2D eigenvalue weighted by Crippen LogP contribution is 2.41. The molecule has 29 heavy (non-hydrogen) atoms. The Morgan fingerprint density at radius 2 is 1.83 bits per heavy atom.